The van der Waals surface area contributed by atoms with E-state index in [1.165, 1.54) is 18.7 Å². The van der Waals surface area contributed by atoms with Gasteiger partial charge >= 0.3 is 5.97 Å². The largest absolute Gasteiger partial charge is 0.504 e. The minimum atomic E-state index is -0.612. The topological polar surface area (TPSA) is 76.0 Å². The number of esters is 1. The summed E-state index contributed by atoms with van der Waals surface area (Å²) in [4.78, 5) is 11.5. The molecule has 0 atom stereocenters. The fourth-order valence-electron chi connectivity index (χ4n) is 1.90. The van der Waals surface area contributed by atoms with Crippen LogP contribution in [0.25, 0.3) is 0 Å². The third-order valence-corrected chi connectivity index (χ3v) is 3.24. The monoisotopic (exact) mass is 320 g/mol. The Morgan fingerprint density at radius 3 is 2.48 bits per heavy atom. The normalized spacial score (nSPS) is 11.0. The van der Waals surface area contributed by atoms with Gasteiger partial charge in [0.15, 0.2) is 11.5 Å². The molecule has 0 saturated carbocycles. The summed E-state index contributed by atoms with van der Waals surface area (Å²) < 4.78 is 10.0. The Labute approximate surface area is 136 Å². The van der Waals surface area contributed by atoms with Gasteiger partial charge in [0, 0.05) is 0 Å². The van der Waals surface area contributed by atoms with Gasteiger partial charge in [-0.2, -0.15) is 0 Å². The van der Waals surface area contributed by atoms with E-state index in [-0.39, 0.29) is 17.9 Å². The Balaban J connectivity index is 2.72. The standard InChI is InChI=1S/C18H24O5/c1-12(2)6-5-7-13(3)8-9-23-16-11-14(18(21)22-4)10-15(19)17(16)20/h6,8,10-11,19-20H,5,7,9H2,1-4H3/b13-8+. The summed E-state index contributed by atoms with van der Waals surface area (Å²) in [5.74, 6) is -1.39. The Bertz CT molecular complexity index is 610. The molecule has 1 aromatic carbocycles. The zero-order valence-corrected chi connectivity index (χ0v) is 14.0. The van der Waals surface area contributed by atoms with Gasteiger partial charge in [-0.15, -0.1) is 0 Å². The van der Waals surface area contributed by atoms with Crippen LogP contribution < -0.4 is 4.74 Å². The first-order chi connectivity index (χ1) is 10.8. The van der Waals surface area contributed by atoms with Crippen molar-refractivity contribution in [3.05, 3.63) is 41.0 Å². The molecule has 23 heavy (non-hydrogen) atoms. The van der Waals surface area contributed by atoms with Crippen LogP contribution in [-0.4, -0.2) is 29.9 Å². The Morgan fingerprint density at radius 1 is 1.17 bits per heavy atom. The van der Waals surface area contributed by atoms with Gasteiger partial charge in [-0.1, -0.05) is 17.2 Å². The van der Waals surface area contributed by atoms with Gasteiger partial charge in [0.2, 0.25) is 5.75 Å². The molecule has 0 amide bonds. The molecule has 1 aromatic rings. The number of benzene rings is 1. The number of phenols is 2. The van der Waals surface area contributed by atoms with Crippen molar-refractivity contribution in [2.24, 2.45) is 0 Å². The number of carbonyl (C=O) groups excluding carboxylic acids is 1. The molecular weight excluding hydrogens is 296 g/mol. The van der Waals surface area contributed by atoms with Gasteiger partial charge < -0.3 is 19.7 Å². The number of phenolic OH excluding ortho intramolecular Hbond substituents is 2. The third kappa shape index (κ3) is 6.06. The summed E-state index contributed by atoms with van der Waals surface area (Å²) >= 11 is 0. The van der Waals surface area contributed by atoms with E-state index in [0.717, 1.165) is 24.5 Å². The molecule has 1 rings (SSSR count). The summed E-state index contributed by atoms with van der Waals surface area (Å²) in [6.07, 6.45) is 5.96. The molecule has 0 aliphatic rings. The van der Waals surface area contributed by atoms with Crippen LogP contribution >= 0.6 is 0 Å². The predicted molar refractivity (Wildman–Crippen MR) is 89.0 cm³/mol. The van der Waals surface area contributed by atoms with E-state index >= 15 is 0 Å². The highest BCUT2D eigenvalue weighted by Crippen LogP contribution is 2.36. The van der Waals surface area contributed by atoms with Crippen molar-refractivity contribution in [1.29, 1.82) is 0 Å². The van der Waals surface area contributed by atoms with E-state index in [1.807, 2.05) is 13.0 Å². The van der Waals surface area contributed by atoms with Crippen molar-refractivity contribution < 1.29 is 24.5 Å². The van der Waals surface area contributed by atoms with Gasteiger partial charge in [0.05, 0.1) is 12.7 Å². The lowest BCUT2D eigenvalue weighted by Crippen LogP contribution is -2.03. The van der Waals surface area contributed by atoms with Crippen molar-refractivity contribution in [3.8, 4) is 17.2 Å². The summed E-state index contributed by atoms with van der Waals surface area (Å²) in [6, 6.07) is 2.47. The molecule has 0 aliphatic heterocycles. The second kappa shape index (κ2) is 8.88. The van der Waals surface area contributed by atoms with Crippen molar-refractivity contribution >= 4 is 5.97 Å². The lowest BCUT2D eigenvalue weighted by atomic mass is 10.1. The third-order valence-electron chi connectivity index (χ3n) is 3.24. The van der Waals surface area contributed by atoms with Crippen molar-refractivity contribution in [2.45, 2.75) is 33.6 Å². The van der Waals surface area contributed by atoms with Gasteiger partial charge in [0.1, 0.15) is 6.61 Å². The van der Waals surface area contributed by atoms with Crippen molar-refractivity contribution in [2.75, 3.05) is 13.7 Å². The molecule has 2 N–H and O–H groups in total. The summed E-state index contributed by atoms with van der Waals surface area (Å²) in [6.45, 7) is 6.36. The van der Waals surface area contributed by atoms with Crippen LogP contribution in [-0.2, 0) is 4.74 Å². The smallest absolute Gasteiger partial charge is 0.338 e. The minimum absolute atomic E-state index is 0.0405. The average Bonchev–Trinajstić information content (AvgIpc) is 2.50. The molecule has 126 valence electrons. The molecule has 0 unspecified atom stereocenters. The maximum atomic E-state index is 11.5. The number of methoxy groups -OCH3 is 1. The van der Waals surface area contributed by atoms with Gasteiger partial charge in [-0.05, 0) is 51.8 Å². The number of aromatic hydroxyl groups is 2. The number of hydrogen-bond donors (Lipinski definition) is 2. The van der Waals surface area contributed by atoms with E-state index < -0.39 is 17.5 Å². The number of carbonyl (C=O) groups is 1. The van der Waals surface area contributed by atoms with Crippen LogP contribution in [0, 0.1) is 0 Å². The molecular formula is C18H24O5. The van der Waals surface area contributed by atoms with Crippen molar-refractivity contribution in [1.82, 2.24) is 0 Å². The number of rotatable bonds is 7. The first-order valence-electron chi connectivity index (χ1n) is 7.41. The van der Waals surface area contributed by atoms with Gasteiger partial charge in [-0.3, -0.25) is 0 Å². The first-order valence-corrected chi connectivity index (χ1v) is 7.41. The molecule has 0 aromatic heterocycles. The predicted octanol–water partition coefficient (Wildman–Crippen LogP) is 3.96. The quantitative estimate of drug-likeness (QED) is 0.452. The fraction of sp³-hybridized carbons (Fsp3) is 0.389. The molecule has 5 heteroatoms. The summed E-state index contributed by atoms with van der Waals surface area (Å²) in [5, 5.41) is 19.4. The molecule has 0 aliphatic carbocycles. The number of hydrogen-bond acceptors (Lipinski definition) is 5. The summed E-state index contributed by atoms with van der Waals surface area (Å²) in [5.41, 5.74) is 2.56. The van der Waals surface area contributed by atoms with E-state index in [4.69, 9.17) is 4.74 Å². The second-order valence-corrected chi connectivity index (χ2v) is 5.52. The Kier molecular flexibility index (Phi) is 7.19. The molecule has 0 radical (unpaired) electrons. The van der Waals surface area contributed by atoms with Crippen molar-refractivity contribution in [3.63, 3.8) is 0 Å². The fourth-order valence-corrected chi connectivity index (χ4v) is 1.90. The van der Waals surface area contributed by atoms with Crippen LogP contribution in [0.1, 0.15) is 44.0 Å². The van der Waals surface area contributed by atoms with E-state index in [1.54, 1.807) is 0 Å². The highest BCUT2D eigenvalue weighted by atomic mass is 16.5. The van der Waals surface area contributed by atoms with Crippen LogP contribution in [0.5, 0.6) is 17.2 Å². The maximum Gasteiger partial charge on any atom is 0.338 e. The molecule has 0 fully saturated rings. The minimum Gasteiger partial charge on any atom is -0.504 e. The lowest BCUT2D eigenvalue weighted by Gasteiger charge is -2.10. The first kappa shape index (κ1) is 18.6. The Hall–Kier alpha value is -2.43. The van der Waals surface area contributed by atoms with Crippen LogP contribution in [0.4, 0.5) is 0 Å². The van der Waals surface area contributed by atoms with Gasteiger partial charge in [-0.25, -0.2) is 4.79 Å². The van der Waals surface area contributed by atoms with E-state index in [2.05, 4.69) is 24.7 Å². The van der Waals surface area contributed by atoms with Crippen LogP contribution in [0.3, 0.4) is 0 Å². The van der Waals surface area contributed by atoms with Crippen LogP contribution in [0.15, 0.2) is 35.4 Å². The zero-order valence-electron chi connectivity index (χ0n) is 14.0. The van der Waals surface area contributed by atoms with Gasteiger partial charge in [0.25, 0.3) is 0 Å². The Morgan fingerprint density at radius 2 is 1.87 bits per heavy atom. The molecule has 5 nitrogen and oxygen atoms in total. The number of allylic oxidation sites excluding steroid dienone is 3. The zero-order chi connectivity index (χ0) is 17.4. The highest BCUT2D eigenvalue weighted by Gasteiger charge is 2.15. The highest BCUT2D eigenvalue weighted by molar-refractivity contribution is 5.91. The van der Waals surface area contributed by atoms with E-state index in [0.29, 0.717) is 0 Å². The molecule has 0 saturated heterocycles. The van der Waals surface area contributed by atoms with E-state index in [9.17, 15) is 15.0 Å². The molecule has 0 heterocycles. The molecule has 0 bridgehead atoms. The summed E-state index contributed by atoms with van der Waals surface area (Å²) in [7, 11) is 1.24. The second-order valence-electron chi connectivity index (χ2n) is 5.52. The maximum absolute atomic E-state index is 11.5. The van der Waals surface area contributed by atoms with Crippen LogP contribution in [0.2, 0.25) is 0 Å². The lowest BCUT2D eigenvalue weighted by molar-refractivity contribution is 0.0599. The molecule has 0 spiro atoms. The number of ether oxygens (including phenoxy) is 2. The average molecular weight is 320 g/mol. The SMILES string of the molecule is COC(=O)c1cc(O)c(O)c(OC/C=C(\C)CCC=C(C)C)c1.